The molecule has 1 fully saturated rings. The minimum Gasteiger partial charge on any atom is -0.367 e. The van der Waals surface area contributed by atoms with E-state index in [-0.39, 0.29) is 5.75 Å². The number of hydrogen-bond donors (Lipinski definition) is 0. The molecule has 0 aliphatic carbocycles. The summed E-state index contributed by atoms with van der Waals surface area (Å²) in [4.78, 5) is 1.74. The second-order valence-electron chi connectivity index (χ2n) is 4.80. The zero-order valence-electron chi connectivity index (χ0n) is 11.3. The Kier molecular flexibility index (Phi) is 4.59. The van der Waals surface area contributed by atoms with Crippen molar-refractivity contribution in [1.82, 2.24) is 4.31 Å². The lowest BCUT2D eigenvalue weighted by molar-refractivity contribution is 0.383. The Morgan fingerprint density at radius 3 is 2.35 bits per heavy atom. The molecular weight excluding hydrogens is 286 g/mol. The molecule has 0 atom stereocenters. The first-order valence-corrected chi connectivity index (χ1v) is 8.23. The van der Waals surface area contributed by atoms with Crippen molar-refractivity contribution in [3.8, 4) is 0 Å². The smallest absolute Gasteiger partial charge is 0.214 e. The van der Waals surface area contributed by atoms with Crippen LogP contribution in [0.1, 0.15) is 13.3 Å². The molecule has 2 rings (SSSR count). The van der Waals surface area contributed by atoms with E-state index >= 15 is 0 Å². The van der Waals surface area contributed by atoms with Gasteiger partial charge in [0, 0.05) is 32.2 Å². The van der Waals surface area contributed by atoms with Crippen LogP contribution in [0.4, 0.5) is 14.5 Å². The standard InChI is InChI=1S/C13H18F2N2O2S/c1-2-9-20(18,19)17-7-5-16(6-8-17)13-4-3-11(14)10-12(13)15/h3-4,10H,2,5-9H2,1H3. The monoisotopic (exact) mass is 304 g/mol. The molecule has 4 nitrogen and oxygen atoms in total. The molecule has 0 N–H and O–H groups in total. The van der Waals surface area contributed by atoms with Crippen LogP contribution in [0.25, 0.3) is 0 Å². The largest absolute Gasteiger partial charge is 0.367 e. The average molecular weight is 304 g/mol. The van der Waals surface area contributed by atoms with Crippen molar-refractivity contribution in [3.05, 3.63) is 29.8 Å². The molecule has 7 heteroatoms. The van der Waals surface area contributed by atoms with Gasteiger partial charge in [0.1, 0.15) is 11.6 Å². The molecule has 20 heavy (non-hydrogen) atoms. The molecule has 112 valence electrons. The van der Waals surface area contributed by atoms with Gasteiger partial charge in [0.15, 0.2) is 0 Å². The summed E-state index contributed by atoms with van der Waals surface area (Å²) in [5.41, 5.74) is 0.318. The summed E-state index contributed by atoms with van der Waals surface area (Å²) in [6.45, 7) is 3.30. The molecule has 0 bridgehead atoms. The molecular formula is C13H18F2N2O2S. The van der Waals surface area contributed by atoms with Crippen molar-refractivity contribution in [1.29, 1.82) is 0 Å². The first-order chi connectivity index (χ1) is 9.44. The number of rotatable bonds is 4. The summed E-state index contributed by atoms with van der Waals surface area (Å²) in [5.74, 6) is -1.09. The van der Waals surface area contributed by atoms with E-state index in [1.165, 1.54) is 16.4 Å². The topological polar surface area (TPSA) is 40.6 Å². The van der Waals surface area contributed by atoms with Crippen LogP contribution in [0.15, 0.2) is 18.2 Å². The Bertz CT molecular complexity index is 570. The molecule has 1 saturated heterocycles. The van der Waals surface area contributed by atoms with E-state index in [0.717, 1.165) is 6.07 Å². The minimum absolute atomic E-state index is 0.137. The molecule has 0 radical (unpaired) electrons. The van der Waals surface area contributed by atoms with Crippen molar-refractivity contribution >= 4 is 15.7 Å². The normalized spacial score (nSPS) is 17.4. The molecule has 1 aromatic rings. The van der Waals surface area contributed by atoms with E-state index in [2.05, 4.69) is 0 Å². The van der Waals surface area contributed by atoms with Crippen LogP contribution in [0.2, 0.25) is 0 Å². The van der Waals surface area contributed by atoms with Crippen LogP contribution in [-0.4, -0.2) is 44.7 Å². The summed E-state index contributed by atoms with van der Waals surface area (Å²) in [6, 6.07) is 3.44. The average Bonchev–Trinajstić information content (AvgIpc) is 2.39. The highest BCUT2D eigenvalue weighted by atomic mass is 32.2. The highest BCUT2D eigenvalue weighted by Crippen LogP contribution is 2.22. The molecule has 0 aromatic heterocycles. The Hall–Kier alpha value is -1.21. The zero-order valence-corrected chi connectivity index (χ0v) is 12.2. The maximum atomic E-state index is 13.7. The quantitative estimate of drug-likeness (QED) is 0.852. The van der Waals surface area contributed by atoms with E-state index in [9.17, 15) is 17.2 Å². The van der Waals surface area contributed by atoms with Crippen molar-refractivity contribution in [3.63, 3.8) is 0 Å². The van der Waals surface area contributed by atoms with Gasteiger partial charge in [-0.15, -0.1) is 0 Å². The lowest BCUT2D eigenvalue weighted by Gasteiger charge is -2.35. The van der Waals surface area contributed by atoms with Crippen molar-refractivity contribution in [2.24, 2.45) is 0 Å². The number of piperazine rings is 1. The van der Waals surface area contributed by atoms with Crippen LogP contribution in [0.5, 0.6) is 0 Å². The molecule has 1 aliphatic heterocycles. The van der Waals surface area contributed by atoms with E-state index in [4.69, 9.17) is 0 Å². The van der Waals surface area contributed by atoms with Crippen molar-refractivity contribution < 1.29 is 17.2 Å². The molecule has 1 aromatic carbocycles. The Labute approximate surface area is 118 Å². The van der Waals surface area contributed by atoms with Gasteiger partial charge in [-0.25, -0.2) is 17.2 Å². The van der Waals surface area contributed by atoms with Gasteiger partial charge in [0.2, 0.25) is 10.0 Å². The number of nitrogens with zero attached hydrogens (tertiary/aromatic N) is 2. The third-order valence-electron chi connectivity index (χ3n) is 3.34. The maximum absolute atomic E-state index is 13.7. The van der Waals surface area contributed by atoms with Gasteiger partial charge in [-0.1, -0.05) is 6.92 Å². The lowest BCUT2D eigenvalue weighted by Crippen LogP contribution is -2.49. The highest BCUT2D eigenvalue weighted by Gasteiger charge is 2.27. The van der Waals surface area contributed by atoms with E-state index in [1.807, 2.05) is 6.92 Å². The fourth-order valence-electron chi connectivity index (χ4n) is 2.33. The Balaban J connectivity index is 2.04. The second-order valence-corrected chi connectivity index (χ2v) is 6.89. The maximum Gasteiger partial charge on any atom is 0.214 e. The van der Waals surface area contributed by atoms with Crippen LogP contribution in [0, 0.1) is 11.6 Å². The molecule has 1 aliphatic rings. The van der Waals surface area contributed by atoms with E-state index in [0.29, 0.717) is 38.3 Å². The van der Waals surface area contributed by atoms with E-state index < -0.39 is 21.7 Å². The van der Waals surface area contributed by atoms with Crippen LogP contribution in [-0.2, 0) is 10.0 Å². The number of hydrogen-bond acceptors (Lipinski definition) is 3. The molecule has 0 saturated carbocycles. The summed E-state index contributed by atoms with van der Waals surface area (Å²) in [6.07, 6.45) is 0.579. The first-order valence-electron chi connectivity index (χ1n) is 6.62. The molecule has 1 heterocycles. The summed E-state index contributed by atoms with van der Waals surface area (Å²) in [5, 5.41) is 0. The number of halogens is 2. The Morgan fingerprint density at radius 2 is 1.80 bits per heavy atom. The summed E-state index contributed by atoms with van der Waals surface area (Å²) >= 11 is 0. The van der Waals surface area contributed by atoms with Gasteiger partial charge in [-0.3, -0.25) is 0 Å². The molecule has 0 spiro atoms. The van der Waals surface area contributed by atoms with Gasteiger partial charge in [-0.05, 0) is 18.6 Å². The first kappa shape index (κ1) is 15.2. The number of anilines is 1. The number of benzene rings is 1. The molecule has 0 unspecified atom stereocenters. The third-order valence-corrected chi connectivity index (χ3v) is 5.42. The highest BCUT2D eigenvalue weighted by molar-refractivity contribution is 7.89. The Morgan fingerprint density at radius 1 is 1.15 bits per heavy atom. The molecule has 0 amide bonds. The van der Waals surface area contributed by atoms with Crippen LogP contribution < -0.4 is 4.90 Å². The van der Waals surface area contributed by atoms with Crippen LogP contribution >= 0.6 is 0 Å². The predicted molar refractivity (Wildman–Crippen MR) is 74.2 cm³/mol. The van der Waals surface area contributed by atoms with Crippen LogP contribution in [0.3, 0.4) is 0 Å². The predicted octanol–water partition coefficient (Wildman–Crippen LogP) is 1.83. The number of sulfonamides is 1. The lowest BCUT2D eigenvalue weighted by atomic mass is 10.2. The van der Waals surface area contributed by atoms with Gasteiger partial charge in [0.25, 0.3) is 0 Å². The fraction of sp³-hybridized carbons (Fsp3) is 0.538. The van der Waals surface area contributed by atoms with Crippen molar-refractivity contribution in [2.75, 3.05) is 36.8 Å². The van der Waals surface area contributed by atoms with Crippen molar-refractivity contribution in [2.45, 2.75) is 13.3 Å². The van der Waals surface area contributed by atoms with Gasteiger partial charge < -0.3 is 4.90 Å². The summed E-state index contributed by atoms with van der Waals surface area (Å²) in [7, 11) is -3.20. The fourth-order valence-corrected chi connectivity index (χ4v) is 3.83. The summed E-state index contributed by atoms with van der Waals surface area (Å²) < 4.78 is 51.8. The van der Waals surface area contributed by atoms with E-state index in [1.54, 1.807) is 4.90 Å². The van der Waals surface area contributed by atoms with Gasteiger partial charge in [-0.2, -0.15) is 4.31 Å². The van der Waals surface area contributed by atoms with Gasteiger partial charge in [0.05, 0.1) is 11.4 Å². The zero-order chi connectivity index (χ0) is 14.8. The van der Waals surface area contributed by atoms with Gasteiger partial charge >= 0.3 is 0 Å². The third kappa shape index (κ3) is 3.27. The minimum atomic E-state index is -3.20. The second kappa shape index (κ2) is 6.05. The SMILES string of the molecule is CCCS(=O)(=O)N1CCN(c2ccc(F)cc2F)CC1.